The van der Waals surface area contributed by atoms with Gasteiger partial charge in [-0.25, -0.2) is 0 Å². The second-order valence-electron chi connectivity index (χ2n) is 5.07. The second-order valence-corrected chi connectivity index (χ2v) is 5.93. The summed E-state index contributed by atoms with van der Waals surface area (Å²) in [5.41, 5.74) is 12.9. The van der Waals surface area contributed by atoms with E-state index in [0.29, 0.717) is 18.2 Å². The zero-order chi connectivity index (χ0) is 14.0. The summed E-state index contributed by atoms with van der Waals surface area (Å²) in [6.45, 7) is 2.77. The Hall–Kier alpha value is -1.07. The van der Waals surface area contributed by atoms with Crippen LogP contribution in [0.5, 0.6) is 0 Å². The molecule has 0 bridgehead atoms. The van der Waals surface area contributed by atoms with Gasteiger partial charge in [-0.2, -0.15) is 0 Å². The summed E-state index contributed by atoms with van der Waals surface area (Å²) in [5, 5.41) is 0. The molecule has 104 valence electrons. The average Bonchev–Trinajstić information content (AvgIpc) is 2.37. The van der Waals surface area contributed by atoms with Crippen LogP contribution in [0, 0.1) is 0 Å². The van der Waals surface area contributed by atoms with E-state index < -0.39 is 5.91 Å². The zero-order valence-corrected chi connectivity index (χ0v) is 12.7. The van der Waals surface area contributed by atoms with E-state index in [1.54, 1.807) is 0 Å². The number of anilines is 1. The van der Waals surface area contributed by atoms with Crippen molar-refractivity contribution in [3.8, 4) is 0 Å². The number of carbonyl (C=O) groups is 1. The smallest absolute Gasteiger partial charge is 0.251 e. The summed E-state index contributed by atoms with van der Waals surface area (Å²) in [6.07, 6.45) is 3.35. The Morgan fingerprint density at radius 1 is 1.47 bits per heavy atom. The van der Waals surface area contributed by atoms with Crippen molar-refractivity contribution in [3.63, 3.8) is 0 Å². The Kier molecular flexibility index (Phi) is 4.47. The summed E-state index contributed by atoms with van der Waals surface area (Å²) in [7, 11) is 0. The third kappa shape index (κ3) is 2.77. The van der Waals surface area contributed by atoms with Gasteiger partial charge in [-0.05, 0) is 54.2 Å². The number of rotatable bonds is 3. The molecule has 2 atom stereocenters. The number of hydrogen-bond acceptors (Lipinski definition) is 3. The van der Waals surface area contributed by atoms with Crippen LogP contribution in [0.4, 0.5) is 5.69 Å². The lowest BCUT2D eigenvalue weighted by Gasteiger charge is -2.43. The molecule has 1 heterocycles. The zero-order valence-electron chi connectivity index (χ0n) is 11.1. The molecule has 1 aromatic carbocycles. The van der Waals surface area contributed by atoms with Gasteiger partial charge in [0.15, 0.2) is 0 Å². The van der Waals surface area contributed by atoms with Crippen LogP contribution in [-0.4, -0.2) is 24.5 Å². The van der Waals surface area contributed by atoms with E-state index in [4.69, 9.17) is 11.5 Å². The first-order chi connectivity index (χ1) is 9.06. The molecular weight excluding hydrogens is 306 g/mol. The minimum absolute atomic E-state index is 0.274. The molecule has 5 heteroatoms. The van der Waals surface area contributed by atoms with E-state index in [0.717, 1.165) is 23.0 Å². The van der Waals surface area contributed by atoms with Gasteiger partial charge in [-0.1, -0.05) is 6.07 Å². The maximum atomic E-state index is 11.7. The van der Waals surface area contributed by atoms with Gasteiger partial charge >= 0.3 is 0 Å². The highest BCUT2D eigenvalue weighted by Crippen LogP contribution is 2.34. The topological polar surface area (TPSA) is 72.3 Å². The molecule has 1 aliphatic rings. The van der Waals surface area contributed by atoms with Crippen molar-refractivity contribution in [1.82, 2.24) is 0 Å². The van der Waals surface area contributed by atoms with E-state index in [1.807, 2.05) is 18.2 Å². The maximum Gasteiger partial charge on any atom is 0.251 e. The fraction of sp³-hybridized carbons (Fsp3) is 0.500. The Morgan fingerprint density at radius 3 is 2.84 bits per heavy atom. The van der Waals surface area contributed by atoms with Crippen LogP contribution in [-0.2, 0) is 0 Å². The van der Waals surface area contributed by atoms with Crippen LogP contribution in [0.1, 0.15) is 36.5 Å². The summed E-state index contributed by atoms with van der Waals surface area (Å²) in [4.78, 5) is 14.0. The van der Waals surface area contributed by atoms with Crippen LogP contribution >= 0.6 is 15.9 Å². The van der Waals surface area contributed by atoms with E-state index in [2.05, 4.69) is 27.8 Å². The number of nitrogens with zero attached hydrogens (tertiary/aromatic N) is 1. The molecule has 1 aliphatic heterocycles. The highest BCUT2D eigenvalue weighted by atomic mass is 79.9. The number of nitrogens with two attached hydrogens (primary N) is 2. The van der Waals surface area contributed by atoms with E-state index in [-0.39, 0.29) is 6.04 Å². The van der Waals surface area contributed by atoms with Crippen LogP contribution < -0.4 is 16.4 Å². The van der Waals surface area contributed by atoms with Gasteiger partial charge in [0.25, 0.3) is 5.91 Å². The summed E-state index contributed by atoms with van der Waals surface area (Å²) < 4.78 is 0.742. The van der Waals surface area contributed by atoms with E-state index >= 15 is 0 Å². The molecule has 2 rings (SSSR count). The minimum Gasteiger partial charge on any atom is -0.365 e. The van der Waals surface area contributed by atoms with Gasteiger partial charge in [0.1, 0.15) is 0 Å². The Balaban J connectivity index is 2.49. The lowest BCUT2D eigenvalue weighted by Crippen LogP contribution is -2.49. The number of carbonyl (C=O) groups excluding carboxylic acids is 1. The van der Waals surface area contributed by atoms with Crippen LogP contribution in [0.2, 0.25) is 0 Å². The molecule has 1 fully saturated rings. The fourth-order valence-corrected chi connectivity index (χ4v) is 3.48. The van der Waals surface area contributed by atoms with Crippen molar-refractivity contribution in [2.75, 3.05) is 11.4 Å². The number of benzene rings is 1. The third-order valence-corrected chi connectivity index (χ3v) is 4.48. The number of halogens is 1. The molecule has 1 amide bonds. The molecular formula is C14H20BrN3O. The first kappa shape index (κ1) is 14.3. The normalized spacial score (nSPS) is 23.4. The molecule has 0 spiro atoms. The summed E-state index contributed by atoms with van der Waals surface area (Å²) in [5.74, 6) is -0.406. The molecule has 1 aromatic rings. The predicted octanol–water partition coefficient (Wildman–Crippen LogP) is 2.25. The lowest BCUT2D eigenvalue weighted by atomic mass is 9.94. The Bertz CT molecular complexity index is 478. The molecule has 4 nitrogen and oxygen atoms in total. The van der Waals surface area contributed by atoms with Crippen molar-refractivity contribution >= 4 is 27.5 Å². The monoisotopic (exact) mass is 325 g/mol. The first-order valence-electron chi connectivity index (χ1n) is 6.63. The molecule has 19 heavy (non-hydrogen) atoms. The van der Waals surface area contributed by atoms with Gasteiger partial charge in [0.05, 0.1) is 11.3 Å². The van der Waals surface area contributed by atoms with Gasteiger partial charge in [-0.15, -0.1) is 0 Å². The highest BCUT2D eigenvalue weighted by Gasteiger charge is 2.30. The quantitative estimate of drug-likeness (QED) is 0.895. The minimum atomic E-state index is -0.406. The number of hydrogen-bond donors (Lipinski definition) is 2. The highest BCUT2D eigenvalue weighted by molar-refractivity contribution is 9.10. The molecule has 0 radical (unpaired) electrons. The predicted molar refractivity (Wildman–Crippen MR) is 81.3 cm³/mol. The van der Waals surface area contributed by atoms with Crippen molar-refractivity contribution < 1.29 is 4.79 Å². The SMILES string of the molecule is CC1CCCC(CN)N1c1cccc(Br)c1C(N)=O. The fourth-order valence-electron chi connectivity index (χ4n) is 2.92. The van der Waals surface area contributed by atoms with E-state index in [9.17, 15) is 4.79 Å². The van der Waals surface area contributed by atoms with Crippen molar-refractivity contribution in [2.45, 2.75) is 38.3 Å². The van der Waals surface area contributed by atoms with Crippen molar-refractivity contribution in [2.24, 2.45) is 11.5 Å². The lowest BCUT2D eigenvalue weighted by molar-refractivity contribution is 0.1000. The molecule has 0 saturated carbocycles. The molecule has 2 unspecified atom stereocenters. The third-order valence-electron chi connectivity index (χ3n) is 3.82. The second kappa shape index (κ2) is 5.92. The molecule has 1 saturated heterocycles. The van der Waals surface area contributed by atoms with Gasteiger partial charge < -0.3 is 16.4 Å². The molecule has 0 aromatic heterocycles. The number of piperidine rings is 1. The molecule has 4 N–H and O–H groups in total. The summed E-state index contributed by atoms with van der Waals surface area (Å²) in [6, 6.07) is 6.37. The van der Waals surface area contributed by atoms with Crippen molar-refractivity contribution in [1.29, 1.82) is 0 Å². The number of amides is 1. The largest absolute Gasteiger partial charge is 0.365 e. The standard InChI is InChI=1S/C14H20BrN3O/c1-9-4-2-5-10(8-16)18(9)12-7-3-6-11(15)13(12)14(17)19/h3,6-7,9-10H,2,4-5,8,16H2,1H3,(H2,17,19). The van der Waals surface area contributed by atoms with Crippen LogP contribution in [0.3, 0.4) is 0 Å². The van der Waals surface area contributed by atoms with Crippen molar-refractivity contribution in [3.05, 3.63) is 28.2 Å². The van der Waals surface area contributed by atoms with Gasteiger partial charge in [0, 0.05) is 23.1 Å². The van der Waals surface area contributed by atoms with Crippen LogP contribution in [0.25, 0.3) is 0 Å². The van der Waals surface area contributed by atoms with Gasteiger partial charge in [0.2, 0.25) is 0 Å². The average molecular weight is 326 g/mol. The Labute approximate surface area is 122 Å². The maximum absolute atomic E-state index is 11.7. The molecule has 0 aliphatic carbocycles. The van der Waals surface area contributed by atoms with E-state index in [1.165, 1.54) is 6.42 Å². The van der Waals surface area contributed by atoms with Gasteiger partial charge in [-0.3, -0.25) is 4.79 Å². The summed E-state index contributed by atoms with van der Waals surface area (Å²) >= 11 is 3.42. The first-order valence-corrected chi connectivity index (χ1v) is 7.42. The number of primary amides is 1. The van der Waals surface area contributed by atoms with Crippen LogP contribution in [0.15, 0.2) is 22.7 Å². The Morgan fingerprint density at radius 2 is 2.21 bits per heavy atom.